The van der Waals surface area contributed by atoms with Gasteiger partial charge in [0.05, 0.1) is 7.11 Å². The average molecular weight is 286 g/mol. The number of esters is 1. The molecule has 1 fully saturated rings. The number of carbonyl (C=O) groups is 2. The number of ether oxygens (including phenoxy) is 2. The van der Waals surface area contributed by atoms with Crippen molar-refractivity contribution in [1.82, 2.24) is 10.2 Å². The number of likely N-dealkylation sites (tertiary alicyclic amines) is 1. The minimum Gasteiger partial charge on any atom is -0.467 e. The highest BCUT2D eigenvalue weighted by molar-refractivity contribution is 5.82. The van der Waals surface area contributed by atoms with E-state index in [1.54, 1.807) is 20.8 Å². The molecule has 0 spiro atoms. The van der Waals surface area contributed by atoms with E-state index in [0.717, 1.165) is 0 Å². The van der Waals surface area contributed by atoms with Crippen LogP contribution < -0.4 is 5.32 Å². The summed E-state index contributed by atoms with van der Waals surface area (Å²) in [6, 6.07) is -0.213. The van der Waals surface area contributed by atoms with Gasteiger partial charge in [0, 0.05) is 18.6 Å². The maximum atomic E-state index is 12.2. The van der Waals surface area contributed by atoms with Crippen molar-refractivity contribution in [1.29, 1.82) is 0 Å². The van der Waals surface area contributed by atoms with Gasteiger partial charge >= 0.3 is 12.1 Å². The number of carbonyl (C=O) groups excluding carboxylic acids is 2. The van der Waals surface area contributed by atoms with Gasteiger partial charge in [-0.25, -0.2) is 9.59 Å². The smallest absolute Gasteiger partial charge is 0.411 e. The van der Waals surface area contributed by atoms with Crippen LogP contribution in [0.2, 0.25) is 0 Å². The van der Waals surface area contributed by atoms with Crippen LogP contribution in [0, 0.1) is 0 Å². The standard InChI is InChI=1S/C14H26N2O4/c1-9(2)15-10-7-11(12(17)19-6)16(8-10)13(18)20-14(3,4)5/h9-11,15H,7-8H2,1-6H3/t10-,11+/m1/s1. The Morgan fingerprint density at radius 3 is 2.35 bits per heavy atom. The predicted molar refractivity (Wildman–Crippen MR) is 75.4 cm³/mol. The number of rotatable bonds is 3. The first-order valence-corrected chi connectivity index (χ1v) is 6.97. The molecule has 1 saturated heterocycles. The number of hydrogen-bond acceptors (Lipinski definition) is 5. The summed E-state index contributed by atoms with van der Waals surface area (Å²) in [6.07, 6.45) is 0.0744. The van der Waals surface area contributed by atoms with Crippen LogP contribution in [0.4, 0.5) is 4.79 Å². The van der Waals surface area contributed by atoms with Gasteiger partial charge < -0.3 is 14.8 Å². The van der Waals surface area contributed by atoms with Crippen LogP contribution in [0.5, 0.6) is 0 Å². The van der Waals surface area contributed by atoms with E-state index in [-0.39, 0.29) is 12.1 Å². The number of methoxy groups -OCH3 is 1. The molecule has 6 nitrogen and oxygen atoms in total. The van der Waals surface area contributed by atoms with E-state index in [0.29, 0.717) is 13.0 Å². The van der Waals surface area contributed by atoms with Crippen molar-refractivity contribution in [3.63, 3.8) is 0 Å². The van der Waals surface area contributed by atoms with Gasteiger partial charge in [-0.1, -0.05) is 13.8 Å². The van der Waals surface area contributed by atoms with E-state index < -0.39 is 23.7 Å². The minimum atomic E-state index is -0.582. The molecular weight excluding hydrogens is 260 g/mol. The third kappa shape index (κ3) is 4.67. The maximum Gasteiger partial charge on any atom is 0.411 e. The summed E-state index contributed by atoms with van der Waals surface area (Å²) < 4.78 is 10.1. The largest absolute Gasteiger partial charge is 0.467 e. The Hall–Kier alpha value is -1.30. The molecule has 1 rings (SSSR count). The summed E-state index contributed by atoms with van der Waals surface area (Å²) in [5, 5.41) is 3.34. The second kappa shape index (κ2) is 6.43. The Bertz CT molecular complexity index is 363. The second-order valence-electron chi connectivity index (χ2n) is 6.43. The fourth-order valence-corrected chi connectivity index (χ4v) is 2.31. The van der Waals surface area contributed by atoms with Gasteiger partial charge in [-0.05, 0) is 27.2 Å². The number of nitrogens with one attached hydrogen (secondary N) is 1. The van der Waals surface area contributed by atoms with Gasteiger partial charge in [0.2, 0.25) is 0 Å². The van der Waals surface area contributed by atoms with Crippen molar-refractivity contribution in [2.24, 2.45) is 0 Å². The molecule has 6 heteroatoms. The van der Waals surface area contributed by atoms with Gasteiger partial charge in [-0.2, -0.15) is 0 Å². The third-order valence-corrected chi connectivity index (χ3v) is 2.97. The Morgan fingerprint density at radius 2 is 1.90 bits per heavy atom. The second-order valence-corrected chi connectivity index (χ2v) is 6.43. The highest BCUT2D eigenvalue weighted by Gasteiger charge is 2.42. The fourth-order valence-electron chi connectivity index (χ4n) is 2.31. The molecule has 0 saturated carbocycles. The Kier molecular flexibility index (Phi) is 5.39. The Balaban J connectivity index is 2.79. The van der Waals surface area contributed by atoms with Crippen LogP contribution >= 0.6 is 0 Å². The van der Waals surface area contributed by atoms with Crippen molar-refractivity contribution in [3.05, 3.63) is 0 Å². The highest BCUT2D eigenvalue weighted by atomic mass is 16.6. The molecule has 1 aliphatic rings. The zero-order chi connectivity index (χ0) is 15.5. The van der Waals surface area contributed by atoms with Crippen LogP contribution in [0.25, 0.3) is 0 Å². The number of hydrogen-bond donors (Lipinski definition) is 1. The molecule has 0 unspecified atom stereocenters. The Labute approximate surface area is 120 Å². The number of nitrogens with zero attached hydrogens (tertiary/aromatic N) is 1. The lowest BCUT2D eigenvalue weighted by molar-refractivity contribution is -0.145. The summed E-state index contributed by atoms with van der Waals surface area (Å²) in [7, 11) is 1.33. The summed E-state index contributed by atoms with van der Waals surface area (Å²) >= 11 is 0. The maximum absolute atomic E-state index is 12.2. The van der Waals surface area contributed by atoms with E-state index >= 15 is 0 Å². The molecule has 1 amide bonds. The first-order chi connectivity index (χ1) is 9.14. The van der Waals surface area contributed by atoms with E-state index in [4.69, 9.17) is 9.47 Å². The van der Waals surface area contributed by atoms with Gasteiger partial charge in [0.15, 0.2) is 0 Å². The lowest BCUT2D eigenvalue weighted by Crippen LogP contribution is -2.44. The van der Waals surface area contributed by atoms with Crippen molar-refractivity contribution < 1.29 is 19.1 Å². The molecule has 116 valence electrons. The molecular formula is C14H26N2O4. The van der Waals surface area contributed by atoms with Crippen LogP contribution in [0.1, 0.15) is 41.0 Å². The first kappa shape index (κ1) is 16.8. The fraction of sp³-hybridized carbons (Fsp3) is 0.857. The summed E-state index contributed by atoms with van der Waals surface area (Å²) in [6.45, 7) is 9.92. The molecule has 0 radical (unpaired) electrons. The van der Waals surface area contributed by atoms with Crippen molar-refractivity contribution in [2.75, 3.05) is 13.7 Å². The van der Waals surface area contributed by atoms with Crippen LogP contribution in [-0.4, -0.2) is 54.3 Å². The normalized spacial score (nSPS) is 23.1. The van der Waals surface area contributed by atoms with Gasteiger partial charge in [0.25, 0.3) is 0 Å². The molecule has 0 aromatic heterocycles. The van der Waals surface area contributed by atoms with E-state index in [9.17, 15) is 9.59 Å². The van der Waals surface area contributed by atoms with Crippen LogP contribution in [0.3, 0.4) is 0 Å². The lowest BCUT2D eigenvalue weighted by Gasteiger charge is -2.27. The van der Waals surface area contributed by atoms with Crippen molar-refractivity contribution in [2.45, 2.75) is 64.8 Å². The van der Waals surface area contributed by atoms with Crippen LogP contribution in [0.15, 0.2) is 0 Å². The minimum absolute atomic E-state index is 0.0756. The SMILES string of the molecule is COC(=O)[C@@H]1C[C@@H](NC(C)C)CN1C(=O)OC(C)(C)C. The average Bonchev–Trinajstić information content (AvgIpc) is 2.68. The van der Waals surface area contributed by atoms with Gasteiger partial charge in [-0.3, -0.25) is 4.90 Å². The molecule has 1 N–H and O–H groups in total. The monoisotopic (exact) mass is 286 g/mol. The quantitative estimate of drug-likeness (QED) is 0.797. The van der Waals surface area contributed by atoms with Gasteiger partial charge in [0.1, 0.15) is 11.6 Å². The molecule has 0 aliphatic carbocycles. The first-order valence-electron chi connectivity index (χ1n) is 6.97. The van der Waals surface area contributed by atoms with E-state index in [2.05, 4.69) is 5.32 Å². The molecule has 1 aliphatic heterocycles. The number of amides is 1. The van der Waals surface area contributed by atoms with Gasteiger partial charge in [-0.15, -0.1) is 0 Å². The van der Waals surface area contributed by atoms with E-state index in [1.807, 2.05) is 13.8 Å². The summed E-state index contributed by atoms with van der Waals surface area (Å²) in [5.41, 5.74) is -0.582. The summed E-state index contributed by atoms with van der Waals surface area (Å²) in [4.78, 5) is 25.5. The molecule has 0 aromatic rings. The highest BCUT2D eigenvalue weighted by Crippen LogP contribution is 2.22. The zero-order valence-corrected chi connectivity index (χ0v) is 13.2. The zero-order valence-electron chi connectivity index (χ0n) is 13.2. The Morgan fingerprint density at radius 1 is 1.30 bits per heavy atom. The predicted octanol–water partition coefficient (Wildman–Crippen LogP) is 1.54. The van der Waals surface area contributed by atoms with Crippen molar-refractivity contribution >= 4 is 12.1 Å². The molecule has 2 atom stereocenters. The van der Waals surface area contributed by atoms with E-state index in [1.165, 1.54) is 12.0 Å². The lowest BCUT2D eigenvalue weighted by atomic mass is 10.1. The van der Waals surface area contributed by atoms with Crippen LogP contribution in [-0.2, 0) is 14.3 Å². The topological polar surface area (TPSA) is 67.9 Å². The molecule has 1 heterocycles. The van der Waals surface area contributed by atoms with Crippen molar-refractivity contribution in [3.8, 4) is 0 Å². The molecule has 0 aromatic carbocycles. The third-order valence-electron chi connectivity index (χ3n) is 2.97. The molecule has 0 bridgehead atoms. The summed E-state index contributed by atoms with van der Waals surface area (Å²) in [5.74, 6) is -0.399. The molecule has 20 heavy (non-hydrogen) atoms.